The number of nitrogens with zero attached hydrogens (tertiary/aromatic N) is 1. The molecular formula is C15H18N2O2. The first-order valence-corrected chi connectivity index (χ1v) is 6.72. The molecule has 1 aromatic heterocycles. The summed E-state index contributed by atoms with van der Waals surface area (Å²) in [6.07, 6.45) is 2.26. The summed E-state index contributed by atoms with van der Waals surface area (Å²) in [6, 6.07) is 5.71. The van der Waals surface area contributed by atoms with E-state index < -0.39 is 0 Å². The molecule has 0 fully saturated rings. The third kappa shape index (κ3) is 1.87. The molecule has 100 valence electrons. The Labute approximate surface area is 112 Å². The van der Waals surface area contributed by atoms with Gasteiger partial charge in [-0.1, -0.05) is 0 Å². The molecule has 1 aliphatic heterocycles. The molecule has 0 aliphatic carbocycles. The number of carbonyl (C=O) groups is 1. The number of methoxy groups -OCH3 is 1. The number of anilines is 1. The number of ether oxygens (including phenoxy) is 1. The van der Waals surface area contributed by atoms with Gasteiger partial charge in [-0.2, -0.15) is 0 Å². The number of esters is 1. The fraction of sp³-hybridized carbons (Fsp3) is 0.400. The van der Waals surface area contributed by atoms with Crippen LogP contribution in [0.2, 0.25) is 0 Å². The SMILES string of the molecule is CCN1CCCc2[nH]c3ccc(C(=O)OC)cc3c21. The van der Waals surface area contributed by atoms with Gasteiger partial charge in [-0.05, 0) is 38.0 Å². The second-order valence-electron chi connectivity index (χ2n) is 4.89. The average molecular weight is 258 g/mol. The van der Waals surface area contributed by atoms with Gasteiger partial charge in [0.1, 0.15) is 0 Å². The predicted molar refractivity (Wildman–Crippen MR) is 75.8 cm³/mol. The van der Waals surface area contributed by atoms with Gasteiger partial charge in [0, 0.05) is 29.7 Å². The molecule has 0 radical (unpaired) electrons. The van der Waals surface area contributed by atoms with Crippen LogP contribution in [0.1, 0.15) is 29.4 Å². The minimum Gasteiger partial charge on any atom is -0.465 e. The molecule has 0 amide bonds. The zero-order valence-corrected chi connectivity index (χ0v) is 11.3. The van der Waals surface area contributed by atoms with Gasteiger partial charge < -0.3 is 14.6 Å². The summed E-state index contributed by atoms with van der Waals surface area (Å²) in [5, 5.41) is 1.12. The molecule has 2 heterocycles. The molecule has 0 saturated carbocycles. The van der Waals surface area contributed by atoms with Crippen LogP contribution in [0.15, 0.2) is 18.2 Å². The average Bonchev–Trinajstić information content (AvgIpc) is 2.83. The lowest BCUT2D eigenvalue weighted by molar-refractivity contribution is 0.0601. The van der Waals surface area contributed by atoms with Crippen molar-refractivity contribution in [3.8, 4) is 0 Å². The Kier molecular flexibility index (Phi) is 2.93. The number of hydrogen-bond donors (Lipinski definition) is 1. The van der Waals surface area contributed by atoms with Crippen molar-refractivity contribution in [2.45, 2.75) is 19.8 Å². The van der Waals surface area contributed by atoms with Crippen LogP contribution in [0, 0.1) is 0 Å². The molecule has 1 aromatic carbocycles. The molecule has 4 heteroatoms. The maximum atomic E-state index is 11.7. The van der Waals surface area contributed by atoms with Crippen molar-refractivity contribution >= 4 is 22.6 Å². The maximum absolute atomic E-state index is 11.7. The molecule has 19 heavy (non-hydrogen) atoms. The number of aromatic nitrogens is 1. The monoisotopic (exact) mass is 258 g/mol. The van der Waals surface area contributed by atoms with E-state index in [-0.39, 0.29) is 5.97 Å². The molecule has 0 bridgehead atoms. The molecule has 1 aliphatic rings. The van der Waals surface area contributed by atoms with Crippen LogP contribution in [0.5, 0.6) is 0 Å². The van der Waals surface area contributed by atoms with Crippen molar-refractivity contribution in [3.05, 3.63) is 29.5 Å². The number of nitrogens with one attached hydrogen (secondary N) is 1. The summed E-state index contributed by atoms with van der Waals surface area (Å²) < 4.78 is 4.80. The number of carbonyl (C=O) groups excluding carboxylic acids is 1. The topological polar surface area (TPSA) is 45.3 Å². The van der Waals surface area contributed by atoms with Gasteiger partial charge in [0.15, 0.2) is 0 Å². The van der Waals surface area contributed by atoms with Crippen LogP contribution in [-0.2, 0) is 11.2 Å². The highest BCUT2D eigenvalue weighted by atomic mass is 16.5. The Hall–Kier alpha value is -1.97. The summed E-state index contributed by atoms with van der Waals surface area (Å²) in [7, 11) is 1.41. The maximum Gasteiger partial charge on any atom is 0.337 e. The van der Waals surface area contributed by atoms with Crippen molar-refractivity contribution in [3.63, 3.8) is 0 Å². The van der Waals surface area contributed by atoms with Crippen LogP contribution in [-0.4, -0.2) is 31.2 Å². The Balaban J connectivity index is 2.18. The van der Waals surface area contributed by atoms with Gasteiger partial charge in [0.25, 0.3) is 0 Å². The number of hydrogen-bond acceptors (Lipinski definition) is 3. The van der Waals surface area contributed by atoms with Crippen LogP contribution in [0.4, 0.5) is 5.69 Å². The largest absolute Gasteiger partial charge is 0.465 e. The Morgan fingerprint density at radius 1 is 1.47 bits per heavy atom. The zero-order valence-electron chi connectivity index (χ0n) is 11.3. The van der Waals surface area contributed by atoms with E-state index in [4.69, 9.17) is 4.74 Å². The lowest BCUT2D eigenvalue weighted by Crippen LogP contribution is -2.28. The van der Waals surface area contributed by atoms with Gasteiger partial charge in [-0.3, -0.25) is 0 Å². The number of fused-ring (bicyclic) bond motifs is 3. The van der Waals surface area contributed by atoms with Crippen molar-refractivity contribution in [2.75, 3.05) is 25.1 Å². The summed E-state index contributed by atoms with van der Waals surface area (Å²) in [5.41, 5.74) is 4.25. The van der Waals surface area contributed by atoms with Gasteiger partial charge in [0.05, 0.1) is 18.4 Å². The first-order valence-electron chi connectivity index (χ1n) is 6.72. The summed E-state index contributed by atoms with van der Waals surface area (Å²) >= 11 is 0. The molecule has 0 saturated heterocycles. The van der Waals surface area contributed by atoms with Crippen molar-refractivity contribution in [1.29, 1.82) is 0 Å². The van der Waals surface area contributed by atoms with E-state index in [0.717, 1.165) is 30.4 Å². The third-order valence-corrected chi connectivity index (χ3v) is 3.82. The van der Waals surface area contributed by atoms with E-state index in [0.29, 0.717) is 5.56 Å². The zero-order chi connectivity index (χ0) is 13.4. The van der Waals surface area contributed by atoms with Gasteiger partial charge in [-0.25, -0.2) is 4.79 Å². The first-order chi connectivity index (χ1) is 9.24. The quantitative estimate of drug-likeness (QED) is 0.842. The van der Waals surface area contributed by atoms with E-state index in [1.54, 1.807) is 0 Å². The van der Waals surface area contributed by atoms with E-state index in [2.05, 4.69) is 16.8 Å². The number of benzene rings is 1. The van der Waals surface area contributed by atoms with E-state index >= 15 is 0 Å². The van der Waals surface area contributed by atoms with E-state index in [1.807, 2.05) is 18.2 Å². The second-order valence-corrected chi connectivity index (χ2v) is 4.89. The van der Waals surface area contributed by atoms with Crippen LogP contribution in [0.3, 0.4) is 0 Å². The molecular weight excluding hydrogens is 240 g/mol. The summed E-state index contributed by atoms with van der Waals surface area (Å²) in [5.74, 6) is -0.282. The highest BCUT2D eigenvalue weighted by molar-refractivity contribution is 6.01. The van der Waals surface area contributed by atoms with Crippen molar-refractivity contribution in [1.82, 2.24) is 4.98 Å². The fourth-order valence-corrected chi connectivity index (χ4v) is 2.90. The van der Waals surface area contributed by atoms with E-state index in [9.17, 15) is 4.79 Å². The van der Waals surface area contributed by atoms with E-state index in [1.165, 1.54) is 24.9 Å². The molecule has 3 rings (SSSR count). The Bertz CT molecular complexity index is 630. The van der Waals surface area contributed by atoms with Crippen molar-refractivity contribution in [2.24, 2.45) is 0 Å². The van der Waals surface area contributed by atoms with Crippen LogP contribution < -0.4 is 4.90 Å². The standard InChI is InChI=1S/C15H18N2O2/c1-3-17-8-4-5-13-14(17)11-9-10(15(18)19-2)6-7-12(11)16-13/h6-7,9,16H,3-5,8H2,1-2H3. The molecule has 0 spiro atoms. The molecule has 1 N–H and O–H groups in total. The molecule has 0 unspecified atom stereocenters. The van der Waals surface area contributed by atoms with Crippen LogP contribution >= 0.6 is 0 Å². The van der Waals surface area contributed by atoms with Crippen molar-refractivity contribution < 1.29 is 9.53 Å². The minimum absolute atomic E-state index is 0.282. The highest BCUT2D eigenvalue weighted by Crippen LogP contribution is 2.35. The number of H-pyrrole nitrogens is 1. The lowest BCUT2D eigenvalue weighted by Gasteiger charge is -2.28. The summed E-state index contributed by atoms with van der Waals surface area (Å²) in [4.78, 5) is 17.5. The second kappa shape index (κ2) is 4.61. The number of aromatic amines is 1. The molecule has 4 nitrogen and oxygen atoms in total. The highest BCUT2D eigenvalue weighted by Gasteiger charge is 2.21. The third-order valence-electron chi connectivity index (χ3n) is 3.82. The first kappa shape index (κ1) is 12.1. The minimum atomic E-state index is -0.282. The van der Waals surface area contributed by atoms with Gasteiger partial charge in [0.2, 0.25) is 0 Å². The molecule has 0 atom stereocenters. The number of aryl methyl sites for hydroxylation is 1. The van der Waals surface area contributed by atoms with Gasteiger partial charge >= 0.3 is 5.97 Å². The normalized spacial score (nSPS) is 14.5. The number of rotatable bonds is 2. The Morgan fingerprint density at radius 2 is 2.32 bits per heavy atom. The predicted octanol–water partition coefficient (Wildman–Crippen LogP) is 2.73. The lowest BCUT2D eigenvalue weighted by atomic mass is 10.1. The fourth-order valence-electron chi connectivity index (χ4n) is 2.90. The smallest absolute Gasteiger partial charge is 0.337 e. The summed E-state index contributed by atoms with van der Waals surface area (Å²) in [6.45, 7) is 4.24. The molecule has 2 aromatic rings. The van der Waals surface area contributed by atoms with Gasteiger partial charge in [-0.15, -0.1) is 0 Å². The van der Waals surface area contributed by atoms with Crippen LogP contribution in [0.25, 0.3) is 10.9 Å². The Morgan fingerprint density at radius 3 is 3.05 bits per heavy atom.